The molecule has 0 spiro atoms. The summed E-state index contributed by atoms with van der Waals surface area (Å²) in [5.74, 6) is 0. The van der Waals surface area contributed by atoms with Crippen LogP contribution in [0.1, 0.15) is 11.1 Å². The molecule has 5 heteroatoms. The molecule has 0 saturated heterocycles. The van der Waals surface area contributed by atoms with Crippen molar-refractivity contribution in [2.45, 2.75) is 0 Å². The van der Waals surface area contributed by atoms with Crippen LogP contribution in [-0.2, 0) is 0 Å². The molecule has 3 aromatic heterocycles. The number of hydrogen-bond donors (Lipinski definition) is 0. The lowest BCUT2D eigenvalue weighted by molar-refractivity contribution is 1.16. The molecule has 0 aliphatic carbocycles. The Balaban J connectivity index is 1.12. The Hall–Kier alpha value is -7.86. The van der Waals surface area contributed by atoms with Crippen molar-refractivity contribution >= 4 is 65.4 Å². The molecule has 254 valence electrons. The first kappa shape index (κ1) is 30.7. The number of hydrogen-bond acceptors (Lipinski definition) is 2. The molecule has 0 radical (unpaired) electrons. The third-order valence-electron chi connectivity index (χ3n) is 11.1. The zero-order valence-corrected chi connectivity index (χ0v) is 29.5. The Labute approximate surface area is 316 Å². The summed E-state index contributed by atoms with van der Waals surface area (Å²) >= 11 is 0. The summed E-state index contributed by atoms with van der Waals surface area (Å²) in [6.07, 6.45) is 0. The number of aromatic nitrogens is 3. The molecule has 8 aromatic carbocycles. The highest BCUT2D eigenvalue weighted by Gasteiger charge is 2.21. The Morgan fingerprint density at radius 1 is 0.364 bits per heavy atom. The van der Waals surface area contributed by atoms with Gasteiger partial charge in [-0.1, -0.05) is 103 Å². The Morgan fingerprint density at radius 2 is 0.873 bits per heavy atom. The van der Waals surface area contributed by atoms with Gasteiger partial charge < -0.3 is 13.7 Å². The predicted molar refractivity (Wildman–Crippen MR) is 224 cm³/mol. The molecule has 0 unspecified atom stereocenters. The SMILES string of the molecule is N#Cc1ccc(-c2ccc(-n3c4ccccc4c4c(-n5c6ccccc6c6ccccc65)cccc43)cc2)c(-n2c3ccccc3c3c(C#N)cccc32)c1. The molecule has 0 bridgehead atoms. The van der Waals surface area contributed by atoms with Gasteiger partial charge in [0.25, 0.3) is 0 Å². The summed E-state index contributed by atoms with van der Waals surface area (Å²) in [5.41, 5.74) is 12.9. The molecule has 0 amide bonds. The number of fused-ring (bicyclic) bond motifs is 9. The van der Waals surface area contributed by atoms with Crippen LogP contribution in [0, 0.1) is 22.7 Å². The Bertz CT molecular complexity index is 3400. The smallest absolute Gasteiger partial charge is 0.0998 e. The van der Waals surface area contributed by atoms with E-state index in [1.54, 1.807) is 0 Å². The zero-order valence-electron chi connectivity index (χ0n) is 29.5. The van der Waals surface area contributed by atoms with Crippen molar-refractivity contribution in [2.24, 2.45) is 0 Å². The van der Waals surface area contributed by atoms with Crippen molar-refractivity contribution in [1.82, 2.24) is 13.7 Å². The van der Waals surface area contributed by atoms with Crippen molar-refractivity contribution in [1.29, 1.82) is 10.5 Å². The molecule has 0 saturated carbocycles. The van der Waals surface area contributed by atoms with Crippen LogP contribution in [0.25, 0.3) is 93.6 Å². The first-order valence-corrected chi connectivity index (χ1v) is 18.3. The van der Waals surface area contributed by atoms with Crippen molar-refractivity contribution in [3.8, 4) is 40.3 Å². The summed E-state index contributed by atoms with van der Waals surface area (Å²) in [6, 6.07) is 66.0. The summed E-state index contributed by atoms with van der Waals surface area (Å²) < 4.78 is 6.97. The molecular weight excluding hydrogens is 671 g/mol. The van der Waals surface area contributed by atoms with Crippen molar-refractivity contribution in [2.75, 3.05) is 0 Å². The monoisotopic (exact) mass is 699 g/mol. The van der Waals surface area contributed by atoms with Gasteiger partial charge in [0.15, 0.2) is 0 Å². The minimum atomic E-state index is 0.571. The normalized spacial score (nSPS) is 11.6. The van der Waals surface area contributed by atoms with Gasteiger partial charge in [0, 0.05) is 43.6 Å². The van der Waals surface area contributed by atoms with Gasteiger partial charge in [-0.3, -0.25) is 0 Å². The highest BCUT2D eigenvalue weighted by Crippen LogP contribution is 2.41. The lowest BCUT2D eigenvalue weighted by Crippen LogP contribution is -1.99. The maximum Gasteiger partial charge on any atom is 0.0998 e. The lowest BCUT2D eigenvalue weighted by Gasteiger charge is -2.16. The molecule has 5 nitrogen and oxygen atoms in total. The van der Waals surface area contributed by atoms with Gasteiger partial charge in [0.1, 0.15) is 0 Å². The van der Waals surface area contributed by atoms with Crippen LogP contribution in [0.4, 0.5) is 0 Å². The zero-order chi connectivity index (χ0) is 36.6. The Morgan fingerprint density at radius 3 is 1.51 bits per heavy atom. The van der Waals surface area contributed by atoms with Crippen molar-refractivity contribution in [3.63, 3.8) is 0 Å². The molecule has 0 atom stereocenters. The molecule has 55 heavy (non-hydrogen) atoms. The summed E-state index contributed by atoms with van der Waals surface area (Å²) in [7, 11) is 0. The van der Waals surface area contributed by atoms with E-state index in [4.69, 9.17) is 0 Å². The number of nitrogens with zero attached hydrogens (tertiary/aromatic N) is 5. The standard InChI is InChI=1S/C50H29N5/c51-30-32-23-28-36(48(29-32)55-44-19-8-3-14-39(44)49-34(31-52)11-9-20-45(49)55)33-24-26-35(27-25-33)53-43-18-7-4-15-40(43)50-46(53)21-10-22-47(50)54-41-16-5-1-12-37(41)38-13-2-6-17-42(38)54/h1-29H. The summed E-state index contributed by atoms with van der Waals surface area (Å²) in [5, 5.41) is 26.9. The van der Waals surface area contributed by atoms with E-state index in [1.165, 1.54) is 32.6 Å². The Kier molecular flexibility index (Phi) is 6.61. The van der Waals surface area contributed by atoms with E-state index in [1.807, 2.05) is 42.5 Å². The number of nitriles is 2. The van der Waals surface area contributed by atoms with E-state index < -0.39 is 0 Å². The van der Waals surface area contributed by atoms with Crippen LogP contribution < -0.4 is 0 Å². The molecule has 11 aromatic rings. The van der Waals surface area contributed by atoms with E-state index in [0.29, 0.717) is 11.1 Å². The second-order valence-corrected chi connectivity index (χ2v) is 13.9. The maximum absolute atomic E-state index is 10.1. The maximum atomic E-state index is 10.1. The second kappa shape index (κ2) is 11.8. The highest BCUT2D eigenvalue weighted by atomic mass is 15.0. The van der Waals surface area contributed by atoms with Gasteiger partial charge in [0.05, 0.1) is 67.7 Å². The molecule has 0 aliphatic rings. The number of para-hydroxylation sites is 4. The molecule has 0 fully saturated rings. The molecule has 0 N–H and O–H groups in total. The number of benzene rings is 8. The van der Waals surface area contributed by atoms with E-state index >= 15 is 0 Å². The van der Waals surface area contributed by atoms with Crippen LogP contribution in [-0.4, -0.2) is 13.7 Å². The molecule has 11 rings (SSSR count). The van der Waals surface area contributed by atoms with Gasteiger partial charge in [-0.25, -0.2) is 0 Å². The minimum absolute atomic E-state index is 0.571. The predicted octanol–water partition coefficient (Wildman–Crippen LogP) is 12.4. The molecular formula is C50H29N5. The van der Waals surface area contributed by atoms with Gasteiger partial charge >= 0.3 is 0 Å². The fourth-order valence-electron chi connectivity index (χ4n) is 8.84. The highest BCUT2D eigenvalue weighted by molar-refractivity contribution is 6.16. The van der Waals surface area contributed by atoms with E-state index in [-0.39, 0.29) is 0 Å². The van der Waals surface area contributed by atoms with Gasteiger partial charge in [-0.15, -0.1) is 0 Å². The van der Waals surface area contributed by atoms with E-state index in [0.717, 1.165) is 61.0 Å². The van der Waals surface area contributed by atoms with Gasteiger partial charge in [-0.05, 0) is 78.4 Å². The number of rotatable bonds is 4. The van der Waals surface area contributed by atoms with E-state index in [2.05, 4.69) is 159 Å². The topological polar surface area (TPSA) is 62.4 Å². The quantitative estimate of drug-likeness (QED) is 0.184. The van der Waals surface area contributed by atoms with Crippen LogP contribution in [0.3, 0.4) is 0 Å². The third-order valence-corrected chi connectivity index (χ3v) is 11.1. The lowest BCUT2D eigenvalue weighted by atomic mass is 10.0. The van der Waals surface area contributed by atoms with Crippen molar-refractivity contribution in [3.05, 3.63) is 187 Å². The average molecular weight is 700 g/mol. The fourth-order valence-corrected chi connectivity index (χ4v) is 8.84. The van der Waals surface area contributed by atoms with Crippen LogP contribution in [0.15, 0.2) is 176 Å². The summed E-state index contributed by atoms with van der Waals surface area (Å²) in [6.45, 7) is 0. The van der Waals surface area contributed by atoms with Gasteiger partial charge in [-0.2, -0.15) is 10.5 Å². The fraction of sp³-hybridized carbons (Fsp3) is 0. The first-order chi connectivity index (χ1) is 27.2. The largest absolute Gasteiger partial charge is 0.309 e. The average Bonchev–Trinajstić information content (AvgIpc) is 3.89. The van der Waals surface area contributed by atoms with Crippen LogP contribution in [0.2, 0.25) is 0 Å². The van der Waals surface area contributed by atoms with Crippen molar-refractivity contribution < 1.29 is 0 Å². The second-order valence-electron chi connectivity index (χ2n) is 13.9. The van der Waals surface area contributed by atoms with Crippen LogP contribution >= 0.6 is 0 Å². The molecule has 0 aliphatic heterocycles. The molecule has 3 heterocycles. The van der Waals surface area contributed by atoms with Gasteiger partial charge in [0.2, 0.25) is 0 Å². The first-order valence-electron chi connectivity index (χ1n) is 18.3. The van der Waals surface area contributed by atoms with E-state index in [9.17, 15) is 10.5 Å². The van der Waals surface area contributed by atoms with Crippen LogP contribution in [0.5, 0.6) is 0 Å². The summed E-state index contributed by atoms with van der Waals surface area (Å²) in [4.78, 5) is 0. The minimum Gasteiger partial charge on any atom is -0.309 e. The third kappa shape index (κ3) is 4.39.